The van der Waals surface area contributed by atoms with Gasteiger partial charge >= 0.3 is 0 Å². The van der Waals surface area contributed by atoms with Gasteiger partial charge in [0.15, 0.2) is 5.82 Å². The lowest BCUT2D eigenvalue weighted by atomic mass is 9.97. The van der Waals surface area contributed by atoms with Gasteiger partial charge in [-0.05, 0) is 60.7 Å². The Morgan fingerprint density at radius 1 is 1.21 bits per heavy atom. The highest BCUT2D eigenvalue weighted by Crippen LogP contribution is 2.24. The second-order valence-corrected chi connectivity index (χ2v) is 8.12. The van der Waals surface area contributed by atoms with E-state index < -0.39 is 0 Å². The monoisotopic (exact) mass is 408 g/mol. The van der Waals surface area contributed by atoms with E-state index in [9.17, 15) is 4.79 Å². The zero-order chi connectivity index (χ0) is 20.1. The number of piperidine rings is 1. The van der Waals surface area contributed by atoms with Crippen molar-refractivity contribution in [2.45, 2.75) is 19.4 Å². The Kier molecular flexibility index (Phi) is 6.05. The minimum Gasteiger partial charge on any atom is -0.497 e. The maximum atomic E-state index is 12.6. The van der Waals surface area contributed by atoms with Crippen LogP contribution in [-0.4, -0.2) is 36.3 Å². The molecule has 0 saturated carbocycles. The van der Waals surface area contributed by atoms with Crippen molar-refractivity contribution in [2.75, 3.05) is 25.1 Å². The van der Waals surface area contributed by atoms with E-state index in [-0.39, 0.29) is 11.8 Å². The number of methoxy groups -OCH3 is 1. The summed E-state index contributed by atoms with van der Waals surface area (Å²) in [6.07, 6.45) is 1.88. The van der Waals surface area contributed by atoms with Gasteiger partial charge in [0, 0.05) is 23.5 Å². The summed E-state index contributed by atoms with van der Waals surface area (Å²) in [6, 6.07) is 15.8. The number of anilines is 1. The molecule has 1 amide bonds. The van der Waals surface area contributed by atoms with Gasteiger partial charge in [-0.2, -0.15) is 0 Å². The molecule has 1 saturated heterocycles. The number of ether oxygens (including phenoxy) is 1. The van der Waals surface area contributed by atoms with Gasteiger partial charge in [0.1, 0.15) is 5.75 Å². The zero-order valence-electron chi connectivity index (χ0n) is 16.4. The third kappa shape index (κ3) is 4.74. The van der Waals surface area contributed by atoms with Crippen molar-refractivity contribution in [1.82, 2.24) is 15.5 Å². The summed E-state index contributed by atoms with van der Waals surface area (Å²) < 4.78 is 5.20. The summed E-state index contributed by atoms with van der Waals surface area (Å²) in [5, 5.41) is 13.9. The summed E-state index contributed by atoms with van der Waals surface area (Å²) in [5.41, 5.74) is 1.81. The predicted octanol–water partition coefficient (Wildman–Crippen LogP) is 3.75. The lowest BCUT2D eigenvalue weighted by molar-refractivity contribution is -0.125. The number of aromatic nitrogens is 2. The lowest BCUT2D eigenvalue weighted by Gasteiger charge is -2.32. The molecule has 0 aliphatic carbocycles. The van der Waals surface area contributed by atoms with Gasteiger partial charge in [0.2, 0.25) is 5.91 Å². The normalized spacial score (nSPS) is 16.4. The fourth-order valence-corrected chi connectivity index (χ4v) is 4.19. The molecular weight excluding hydrogens is 384 g/mol. The van der Waals surface area contributed by atoms with Crippen molar-refractivity contribution >= 4 is 23.1 Å². The summed E-state index contributed by atoms with van der Waals surface area (Å²) in [5.74, 6) is 1.73. The summed E-state index contributed by atoms with van der Waals surface area (Å²) >= 11 is 1.66. The average Bonchev–Trinajstić information content (AvgIpc) is 3.31. The topological polar surface area (TPSA) is 67.3 Å². The van der Waals surface area contributed by atoms with Crippen LogP contribution in [0.2, 0.25) is 0 Å². The first kappa shape index (κ1) is 19.4. The molecule has 7 heteroatoms. The van der Waals surface area contributed by atoms with E-state index in [0.717, 1.165) is 42.2 Å². The minimum absolute atomic E-state index is 0.0215. The van der Waals surface area contributed by atoms with Gasteiger partial charge in [-0.1, -0.05) is 6.07 Å². The first-order valence-electron chi connectivity index (χ1n) is 9.76. The van der Waals surface area contributed by atoms with Gasteiger partial charge in [-0.25, -0.2) is 0 Å². The number of hydrogen-bond acceptors (Lipinski definition) is 6. The smallest absolute Gasteiger partial charge is 0.225 e. The molecule has 1 atom stereocenters. The number of benzene rings is 1. The molecule has 3 aromatic rings. The van der Waals surface area contributed by atoms with Crippen LogP contribution in [-0.2, 0) is 11.3 Å². The number of carbonyl (C=O) groups is 1. The number of rotatable bonds is 6. The molecule has 3 heterocycles. The Hall–Kier alpha value is -2.93. The molecular formula is C22H24N4O2S. The molecule has 4 rings (SSSR count). The van der Waals surface area contributed by atoms with Crippen LogP contribution in [0.15, 0.2) is 53.9 Å². The number of nitrogens with one attached hydrogen (secondary N) is 1. The molecule has 1 N–H and O–H groups in total. The fraction of sp³-hybridized carbons (Fsp3) is 0.318. The van der Waals surface area contributed by atoms with Crippen LogP contribution in [0.3, 0.4) is 0 Å². The first-order chi connectivity index (χ1) is 14.2. The van der Waals surface area contributed by atoms with E-state index in [0.29, 0.717) is 13.1 Å². The van der Waals surface area contributed by atoms with E-state index in [1.165, 1.54) is 4.88 Å². The third-order valence-corrected chi connectivity index (χ3v) is 6.05. The average molecular weight is 409 g/mol. The molecule has 29 heavy (non-hydrogen) atoms. The van der Waals surface area contributed by atoms with Crippen LogP contribution >= 0.6 is 11.3 Å². The fourth-order valence-electron chi connectivity index (χ4n) is 3.54. The first-order valence-corrected chi connectivity index (χ1v) is 10.6. The quantitative estimate of drug-likeness (QED) is 0.673. The van der Waals surface area contributed by atoms with E-state index in [1.807, 2.05) is 53.9 Å². The third-order valence-electron chi connectivity index (χ3n) is 5.17. The highest BCUT2D eigenvalue weighted by atomic mass is 32.1. The molecule has 0 bridgehead atoms. The van der Waals surface area contributed by atoms with Crippen molar-refractivity contribution in [3.63, 3.8) is 0 Å². The Bertz CT molecular complexity index is 926. The highest BCUT2D eigenvalue weighted by Gasteiger charge is 2.26. The SMILES string of the molecule is COc1ccc(-c2ccc(N3CCCC(C(=O)NCc4cccs4)C3)nn2)cc1. The van der Waals surface area contributed by atoms with Crippen LogP contribution in [0, 0.1) is 5.92 Å². The second-order valence-electron chi connectivity index (χ2n) is 7.09. The largest absolute Gasteiger partial charge is 0.497 e. The van der Waals surface area contributed by atoms with Crippen LogP contribution in [0.25, 0.3) is 11.3 Å². The van der Waals surface area contributed by atoms with Crippen LogP contribution in [0.4, 0.5) is 5.82 Å². The predicted molar refractivity (Wildman–Crippen MR) is 115 cm³/mol. The van der Waals surface area contributed by atoms with Crippen molar-refractivity contribution < 1.29 is 9.53 Å². The number of thiophene rings is 1. The van der Waals surface area contributed by atoms with E-state index in [1.54, 1.807) is 18.4 Å². The van der Waals surface area contributed by atoms with Crippen molar-refractivity contribution in [2.24, 2.45) is 5.92 Å². The van der Waals surface area contributed by atoms with Crippen LogP contribution in [0.5, 0.6) is 5.75 Å². The standard InChI is InChI=1S/C22H24N4O2S/c1-28-18-8-6-16(7-9-18)20-10-11-21(25-24-20)26-12-2-4-17(15-26)22(27)23-14-19-5-3-13-29-19/h3,5-11,13,17H,2,4,12,14-15H2,1H3,(H,23,27). The van der Waals surface area contributed by atoms with Crippen LogP contribution in [0.1, 0.15) is 17.7 Å². The van der Waals surface area contributed by atoms with Gasteiger partial charge in [0.05, 0.1) is 25.3 Å². The number of hydrogen-bond donors (Lipinski definition) is 1. The molecule has 1 unspecified atom stereocenters. The molecule has 1 fully saturated rings. The Labute approximate surface area is 174 Å². The number of carbonyl (C=O) groups excluding carboxylic acids is 1. The molecule has 0 radical (unpaired) electrons. The zero-order valence-corrected chi connectivity index (χ0v) is 17.2. The van der Waals surface area contributed by atoms with E-state index in [4.69, 9.17) is 4.74 Å². The molecule has 0 spiro atoms. The maximum absolute atomic E-state index is 12.6. The van der Waals surface area contributed by atoms with Crippen LogP contribution < -0.4 is 15.0 Å². The van der Waals surface area contributed by atoms with Gasteiger partial charge in [0.25, 0.3) is 0 Å². The van der Waals surface area contributed by atoms with Crippen molar-refractivity contribution in [3.8, 4) is 17.0 Å². The van der Waals surface area contributed by atoms with Gasteiger partial charge in [-0.15, -0.1) is 21.5 Å². The molecule has 2 aromatic heterocycles. The van der Waals surface area contributed by atoms with E-state index in [2.05, 4.69) is 20.4 Å². The number of nitrogens with zero attached hydrogens (tertiary/aromatic N) is 3. The highest BCUT2D eigenvalue weighted by molar-refractivity contribution is 7.09. The van der Waals surface area contributed by atoms with Crippen molar-refractivity contribution in [1.29, 1.82) is 0 Å². The Morgan fingerprint density at radius 3 is 2.76 bits per heavy atom. The minimum atomic E-state index is -0.0215. The lowest BCUT2D eigenvalue weighted by Crippen LogP contribution is -2.43. The summed E-state index contributed by atoms with van der Waals surface area (Å²) in [6.45, 7) is 2.17. The molecule has 1 aliphatic rings. The second kappa shape index (κ2) is 9.05. The van der Waals surface area contributed by atoms with Gasteiger partial charge < -0.3 is 15.0 Å². The van der Waals surface area contributed by atoms with Crippen molar-refractivity contribution in [3.05, 3.63) is 58.8 Å². The summed E-state index contributed by atoms with van der Waals surface area (Å²) in [7, 11) is 1.65. The number of amides is 1. The summed E-state index contributed by atoms with van der Waals surface area (Å²) in [4.78, 5) is 15.9. The van der Waals surface area contributed by atoms with Gasteiger partial charge in [-0.3, -0.25) is 4.79 Å². The molecule has 6 nitrogen and oxygen atoms in total. The Morgan fingerprint density at radius 2 is 2.07 bits per heavy atom. The maximum Gasteiger partial charge on any atom is 0.225 e. The molecule has 1 aliphatic heterocycles. The molecule has 1 aromatic carbocycles. The molecule has 150 valence electrons. The Balaban J connectivity index is 1.38. The van der Waals surface area contributed by atoms with E-state index >= 15 is 0 Å².